The van der Waals surface area contributed by atoms with Gasteiger partial charge >= 0.3 is 0 Å². The molecule has 0 aliphatic heterocycles. The molecule has 0 radical (unpaired) electrons. The number of benzene rings is 1. The molecule has 3 N–H and O–H groups in total. The number of rotatable bonds is 8. The topological polar surface area (TPSA) is 100 Å². The summed E-state index contributed by atoms with van der Waals surface area (Å²) >= 11 is 0. The number of nitrogens with zero attached hydrogens (tertiary/aromatic N) is 1. The summed E-state index contributed by atoms with van der Waals surface area (Å²) in [5.41, 5.74) is 3.48. The van der Waals surface area contributed by atoms with Gasteiger partial charge in [0.15, 0.2) is 5.82 Å². The molecule has 1 aromatic carbocycles. The predicted octanol–water partition coefficient (Wildman–Crippen LogP) is 3.24. The Morgan fingerprint density at radius 2 is 1.93 bits per heavy atom. The van der Waals surface area contributed by atoms with Crippen LogP contribution in [0.3, 0.4) is 0 Å². The molecule has 0 aliphatic rings. The van der Waals surface area contributed by atoms with Crippen LogP contribution < -0.4 is 10.6 Å². The van der Waals surface area contributed by atoms with Crippen molar-refractivity contribution >= 4 is 28.5 Å². The smallest absolute Gasteiger partial charge is 0.225 e. The van der Waals surface area contributed by atoms with Gasteiger partial charge in [-0.15, -0.1) is 0 Å². The Bertz CT molecular complexity index is 942. The number of hydrogen-bond acceptors (Lipinski definition) is 4. The van der Waals surface area contributed by atoms with Gasteiger partial charge < -0.3 is 20.1 Å². The lowest BCUT2D eigenvalue weighted by Gasteiger charge is -2.06. The Hall–Kier alpha value is -3.09. The van der Waals surface area contributed by atoms with Gasteiger partial charge in [-0.2, -0.15) is 0 Å². The van der Waals surface area contributed by atoms with E-state index in [0.717, 1.165) is 17.6 Å². The molecule has 0 aliphatic carbocycles. The summed E-state index contributed by atoms with van der Waals surface area (Å²) in [6.07, 6.45) is 1.84. The van der Waals surface area contributed by atoms with Crippen LogP contribution in [0.25, 0.3) is 10.9 Å². The summed E-state index contributed by atoms with van der Waals surface area (Å²) in [4.78, 5) is 27.2. The molecule has 0 bridgehead atoms. The first-order valence-corrected chi connectivity index (χ1v) is 9.09. The number of amides is 2. The van der Waals surface area contributed by atoms with E-state index in [1.165, 1.54) is 10.9 Å². The number of H-pyrrole nitrogens is 1. The highest BCUT2D eigenvalue weighted by atomic mass is 16.5. The molecular weight excluding hydrogens is 344 g/mol. The zero-order valence-electron chi connectivity index (χ0n) is 15.6. The Balaban J connectivity index is 1.37. The van der Waals surface area contributed by atoms with Crippen molar-refractivity contribution in [1.82, 2.24) is 15.5 Å². The molecule has 27 heavy (non-hydrogen) atoms. The molecule has 0 unspecified atom stereocenters. The van der Waals surface area contributed by atoms with Crippen LogP contribution >= 0.6 is 0 Å². The molecular formula is C20H24N4O3. The highest BCUT2D eigenvalue weighted by molar-refractivity contribution is 5.90. The van der Waals surface area contributed by atoms with Crippen LogP contribution in [0.1, 0.15) is 36.3 Å². The quantitative estimate of drug-likeness (QED) is 0.568. The van der Waals surface area contributed by atoms with E-state index in [4.69, 9.17) is 4.52 Å². The van der Waals surface area contributed by atoms with Crippen molar-refractivity contribution in [1.29, 1.82) is 0 Å². The number of fused-ring (bicyclic) bond motifs is 1. The Morgan fingerprint density at radius 1 is 1.15 bits per heavy atom. The first kappa shape index (κ1) is 18.7. The van der Waals surface area contributed by atoms with Crippen LogP contribution in [0.15, 0.2) is 34.9 Å². The van der Waals surface area contributed by atoms with Crippen molar-refractivity contribution in [3.05, 3.63) is 47.3 Å². The standard InChI is InChI=1S/C20H24N4O3/c1-13-12-18(24-27-13)23-20(26)9-5-8-19(25)21-11-10-15-14(2)22-17-7-4-3-6-16(15)17/h3-4,6-7,12,22H,5,8-11H2,1-2H3,(H,21,25)(H,23,24,26). The molecule has 3 aromatic rings. The van der Waals surface area contributed by atoms with Crippen molar-refractivity contribution in [2.75, 3.05) is 11.9 Å². The second-order valence-corrected chi connectivity index (χ2v) is 6.60. The third-order valence-corrected chi connectivity index (χ3v) is 4.43. The van der Waals surface area contributed by atoms with Crippen LogP contribution in [-0.4, -0.2) is 28.5 Å². The zero-order valence-corrected chi connectivity index (χ0v) is 15.6. The van der Waals surface area contributed by atoms with Gasteiger partial charge in [0.2, 0.25) is 11.8 Å². The van der Waals surface area contributed by atoms with Gasteiger partial charge in [0.25, 0.3) is 0 Å². The van der Waals surface area contributed by atoms with Crippen LogP contribution in [0.5, 0.6) is 0 Å². The number of carbonyl (C=O) groups is 2. The van der Waals surface area contributed by atoms with Gasteiger partial charge in [-0.1, -0.05) is 23.4 Å². The molecule has 142 valence electrons. The number of para-hydroxylation sites is 1. The highest BCUT2D eigenvalue weighted by Gasteiger charge is 2.10. The lowest BCUT2D eigenvalue weighted by molar-refractivity contribution is -0.121. The van der Waals surface area contributed by atoms with E-state index < -0.39 is 0 Å². The first-order valence-electron chi connectivity index (χ1n) is 9.09. The first-order chi connectivity index (χ1) is 13.0. The van der Waals surface area contributed by atoms with E-state index in [9.17, 15) is 9.59 Å². The van der Waals surface area contributed by atoms with Crippen molar-refractivity contribution in [3.8, 4) is 0 Å². The SMILES string of the molecule is Cc1cc(NC(=O)CCCC(=O)NCCc2c(C)[nH]c3ccccc23)no1. The minimum Gasteiger partial charge on any atom is -0.360 e. The fourth-order valence-electron chi connectivity index (χ4n) is 3.11. The zero-order chi connectivity index (χ0) is 19.2. The second kappa shape index (κ2) is 8.53. The van der Waals surface area contributed by atoms with E-state index in [1.807, 2.05) is 19.1 Å². The van der Waals surface area contributed by atoms with Gasteiger partial charge in [-0.3, -0.25) is 9.59 Å². The number of nitrogens with one attached hydrogen (secondary N) is 3. The number of aryl methyl sites for hydroxylation is 2. The minimum absolute atomic E-state index is 0.0439. The summed E-state index contributed by atoms with van der Waals surface area (Å²) in [6, 6.07) is 9.81. The third kappa shape index (κ3) is 4.97. The third-order valence-electron chi connectivity index (χ3n) is 4.43. The molecule has 7 heteroatoms. The maximum Gasteiger partial charge on any atom is 0.225 e. The van der Waals surface area contributed by atoms with E-state index in [1.54, 1.807) is 13.0 Å². The van der Waals surface area contributed by atoms with Crippen LogP contribution in [0.2, 0.25) is 0 Å². The molecule has 2 aromatic heterocycles. The monoisotopic (exact) mass is 368 g/mol. The van der Waals surface area contributed by atoms with E-state index in [2.05, 4.69) is 32.9 Å². The van der Waals surface area contributed by atoms with Gasteiger partial charge in [0.1, 0.15) is 5.76 Å². The predicted molar refractivity (Wildman–Crippen MR) is 103 cm³/mol. The summed E-state index contributed by atoms with van der Waals surface area (Å²) < 4.78 is 4.89. The molecule has 0 spiro atoms. The largest absolute Gasteiger partial charge is 0.360 e. The fraction of sp³-hybridized carbons (Fsp3) is 0.350. The maximum absolute atomic E-state index is 12.0. The molecule has 3 rings (SSSR count). The molecule has 0 fully saturated rings. The van der Waals surface area contributed by atoms with Crippen molar-refractivity contribution in [2.24, 2.45) is 0 Å². The molecule has 0 saturated carbocycles. The molecule has 0 atom stereocenters. The normalized spacial score (nSPS) is 10.9. The Labute approximate surface area is 157 Å². The van der Waals surface area contributed by atoms with Crippen molar-refractivity contribution < 1.29 is 14.1 Å². The van der Waals surface area contributed by atoms with E-state index in [-0.39, 0.29) is 18.2 Å². The van der Waals surface area contributed by atoms with Gasteiger partial charge in [-0.25, -0.2) is 0 Å². The number of anilines is 1. The number of aromatic amines is 1. The Morgan fingerprint density at radius 3 is 2.70 bits per heavy atom. The number of aromatic nitrogens is 2. The lowest BCUT2D eigenvalue weighted by atomic mass is 10.1. The van der Waals surface area contributed by atoms with Crippen LogP contribution in [0.4, 0.5) is 5.82 Å². The molecule has 7 nitrogen and oxygen atoms in total. The van der Waals surface area contributed by atoms with Gasteiger partial charge in [0, 0.05) is 42.0 Å². The summed E-state index contributed by atoms with van der Waals surface area (Å²) in [7, 11) is 0. The minimum atomic E-state index is -0.175. The molecule has 2 heterocycles. The number of carbonyl (C=O) groups excluding carboxylic acids is 2. The molecule has 2 amide bonds. The van der Waals surface area contributed by atoms with Crippen molar-refractivity contribution in [3.63, 3.8) is 0 Å². The Kier molecular flexibility index (Phi) is 5.90. The summed E-state index contributed by atoms with van der Waals surface area (Å²) in [5, 5.41) is 10.5. The average molecular weight is 368 g/mol. The molecule has 0 saturated heterocycles. The number of hydrogen-bond donors (Lipinski definition) is 3. The highest BCUT2D eigenvalue weighted by Crippen LogP contribution is 2.21. The maximum atomic E-state index is 12.0. The van der Waals surface area contributed by atoms with Gasteiger partial charge in [0.05, 0.1) is 0 Å². The average Bonchev–Trinajstić information content (AvgIpc) is 3.17. The van der Waals surface area contributed by atoms with Crippen LogP contribution in [-0.2, 0) is 16.0 Å². The second-order valence-electron chi connectivity index (χ2n) is 6.60. The summed E-state index contributed by atoms with van der Waals surface area (Å²) in [5.74, 6) is 0.814. The van der Waals surface area contributed by atoms with E-state index in [0.29, 0.717) is 31.0 Å². The van der Waals surface area contributed by atoms with E-state index >= 15 is 0 Å². The lowest BCUT2D eigenvalue weighted by Crippen LogP contribution is -2.25. The summed E-state index contributed by atoms with van der Waals surface area (Å²) in [6.45, 7) is 4.38. The van der Waals surface area contributed by atoms with Gasteiger partial charge in [-0.05, 0) is 38.3 Å². The van der Waals surface area contributed by atoms with Crippen molar-refractivity contribution in [2.45, 2.75) is 39.5 Å². The fourth-order valence-corrected chi connectivity index (χ4v) is 3.11. The van der Waals surface area contributed by atoms with Crippen LogP contribution in [0, 0.1) is 13.8 Å².